The van der Waals surface area contributed by atoms with Crippen LogP contribution >= 0.6 is 0 Å². The highest BCUT2D eigenvalue weighted by Gasteiger charge is 2.31. The molecule has 6 nitrogen and oxygen atoms in total. The number of aryl methyl sites for hydroxylation is 2. The fraction of sp³-hybridized carbons (Fsp3) is 0.300. The summed E-state index contributed by atoms with van der Waals surface area (Å²) in [6.45, 7) is 8.77. The van der Waals surface area contributed by atoms with E-state index < -0.39 is 22.8 Å². The second kappa shape index (κ2) is 5.24. The van der Waals surface area contributed by atoms with Gasteiger partial charge in [-0.15, -0.1) is 0 Å². The fourth-order valence-electron chi connectivity index (χ4n) is 4.08. The normalized spacial score (nSPS) is 15.8. The molecule has 6 heteroatoms. The van der Waals surface area contributed by atoms with Gasteiger partial charge in [-0.25, -0.2) is 4.79 Å². The predicted molar refractivity (Wildman–Crippen MR) is 99.2 cm³/mol. The molecule has 3 N–H and O–H groups in total. The first-order valence-corrected chi connectivity index (χ1v) is 8.55. The van der Waals surface area contributed by atoms with Gasteiger partial charge in [0.25, 0.3) is 5.56 Å². The second-order valence-corrected chi connectivity index (χ2v) is 7.19. The Hall–Kier alpha value is -3.02. The molecule has 0 aliphatic carbocycles. The van der Waals surface area contributed by atoms with Gasteiger partial charge >= 0.3 is 5.97 Å². The lowest BCUT2D eigenvalue weighted by atomic mass is 9.92. The minimum Gasteiger partial charge on any atom is -0.506 e. The molecule has 1 aliphatic rings. The molecular formula is C20H20N2O4. The maximum Gasteiger partial charge on any atom is 0.345 e. The van der Waals surface area contributed by atoms with Crippen LogP contribution in [-0.2, 0) is 6.54 Å². The average molecular weight is 352 g/mol. The van der Waals surface area contributed by atoms with Crippen LogP contribution in [0.3, 0.4) is 0 Å². The van der Waals surface area contributed by atoms with Crippen LogP contribution in [0, 0.1) is 20.8 Å². The highest BCUT2D eigenvalue weighted by Crippen LogP contribution is 2.43. The largest absolute Gasteiger partial charge is 0.506 e. The number of aromatic nitrogens is 2. The third kappa shape index (κ3) is 1.98. The van der Waals surface area contributed by atoms with Gasteiger partial charge in [-0.2, -0.15) is 0 Å². The number of aromatic carboxylic acids is 1. The van der Waals surface area contributed by atoms with Gasteiger partial charge < -0.3 is 19.8 Å². The summed E-state index contributed by atoms with van der Waals surface area (Å²) in [5.41, 5.74) is 5.10. The summed E-state index contributed by atoms with van der Waals surface area (Å²) in [6, 6.07) is 4.15. The molecule has 26 heavy (non-hydrogen) atoms. The van der Waals surface area contributed by atoms with Crippen molar-refractivity contribution in [2.24, 2.45) is 0 Å². The van der Waals surface area contributed by atoms with Gasteiger partial charge in [0.05, 0.1) is 11.4 Å². The maximum absolute atomic E-state index is 12.3. The molecule has 0 fully saturated rings. The number of aromatic hydroxyl groups is 1. The topological polar surface area (TPSA) is 95.3 Å². The standard InChI is InChI=1S/C20H20N2O4/c1-8-5-13-12(11(4)10(8)3)6-14-17-15(9(2)7-22(13)14)18(23)16(20(25)26)19(24)21-17/h5-6,9H,7H2,1-4H3,(H,25,26)(H2,21,23,24). The molecule has 0 amide bonds. The molecule has 0 saturated heterocycles. The fourth-order valence-corrected chi connectivity index (χ4v) is 4.08. The van der Waals surface area contributed by atoms with E-state index in [1.165, 1.54) is 16.7 Å². The van der Waals surface area contributed by atoms with Crippen molar-refractivity contribution in [3.63, 3.8) is 0 Å². The van der Waals surface area contributed by atoms with Gasteiger partial charge in [0.15, 0.2) is 5.56 Å². The van der Waals surface area contributed by atoms with E-state index in [0.29, 0.717) is 17.8 Å². The van der Waals surface area contributed by atoms with Crippen molar-refractivity contribution in [3.8, 4) is 17.1 Å². The lowest BCUT2D eigenvalue weighted by molar-refractivity contribution is 0.0691. The molecule has 1 aromatic carbocycles. The van der Waals surface area contributed by atoms with Crippen LogP contribution in [0.15, 0.2) is 16.9 Å². The molecule has 4 rings (SSSR count). The Kier molecular flexibility index (Phi) is 3.31. The smallest absolute Gasteiger partial charge is 0.345 e. The van der Waals surface area contributed by atoms with Crippen molar-refractivity contribution >= 4 is 16.9 Å². The molecule has 0 spiro atoms. The number of nitrogens with zero attached hydrogens (tertiary/aromatic N) is 1. The van der Waals surface area contributed by atoms with Gasteiger partial charge in [0.1, 0.15) is 5.75 Å². The summed E-state index contributed by atoms with van der Waals surface area (Å²) in [7, 11) is 0. The number of aromatic amines is 1. The Bertz CT molecular complexity index is 1170. The Morgan fingerprint density at radius 3 is 2.58 bits per heavy atom. The molecule has 3 heterocycles. The van der Waals surface area contributed by atoms with E-state index in [4.69, 9.17) is 0 Å². The van der Waals surface area contributed by atoms with Crippen LogP contribution in [0.4, 0.5) is 0 Å². The second-order valence-electron chi connectivity index (χ2n) is 7.19. The molecule has 1 atom stereocenters. The first-order valence-electron chi connectivity index (χ1n) is 8.55. The highest BCUT2D eigenvalue weighted by atomic mass is 16.4. The van der Waals surface area contributed by atoms with E-state index in [0.717, 1.165) is 16.6 Å². The van der Waals surface area contributed by atoms with E-state index in [9.17, 15) is 19.8 Å². The first kappa shape index (κ1) is 16.4. The maximum atomic E-state index is 12.3. The van der Waals surface area contributed by atoms with Crippen LogP contribution in [-0.4, -0.2) is 25.7 Å². The monoisotopic (exact) mass is 352 g/mol. The van der Waals surface area contributed by atoms with Gasteiger partial charge in [-0.3, -0.25) is 4.79 Å². The molecule has 1 unspecified atom stereocenters. The van der Waals surface area contributed by atoms with Crippen molar-refractivity contribution in [3.05, 3.63) is 50.3 Å². The average Bonchev–Trinajstić information content (AvgIpc) is 2.91. The summed E-state index contributed by atoms with van der Waals surface area (Å²) in [6.07, 6.45) is 0. The summed E-state index contributed by atoms with van der Waals surface area (Å²) >= 11 is 0. The number of hydrogen-bond acceptors (Lipinski definition) is 3. The van der Waals surface area contributed by atoms with Gasteiger partial charge in [0, 0.05) is 28.9 Å². The Labute approximate surface area is 149 Å². The summed E-state index contributed by atoms with van der Waals surface area (Å²) in [4.78, 5) is 26.3. The number of H-pyrrole nitrogens is 1. The lowest BCUT2D eigenvalue weighted by Crippen LogP contribution is -2.24. The first-order chi connectivity index (χ1) is 12.2. The van der Waals surface area contributed by atoms with Gasteiger partial charge in [0.2, 0.25) is 0 Å². The van der Waals surface area contributed by atoms with Crippen molar-refractivity contribution in [1.82, 2.24) is 9.55 Å². The van der Waals surface area contributed by atoms with Crippen LogP contribution < -0.4 is 5.56 Å². The Morgan fingerprint density at radius 2 is 1.92 bits per heavy atom. The minimum atomic E-state index is -1.42. The number of carbonyl (C=O) groups is 1. The number of fused-ring (bicyclic) bond motifs is 5. The van der Waals surface area contributed by atoms with E-state index in [2.05, 4.69) is 36.4 Å². The Morgan fingerprint density at radius 1 is 1.23 bits per heavy atom. The zero-order valence-corrected chi connectivity index (χ0v) is 15.1. The molecule has 0 radical (unpaired) electrons. The highest BCUT2D eigenvalue weighted by molar-refractivity contribution is 5.94. The third-order valence-corrected chi connectivity index (χ3v) is 5.70. The predicted octanol–water partition coefficient (Wildman–Crippen LogP) is 3.44. The molecule has 2 aromatic heterocycles. The van der Waals surface area contributed by atoms with E-state index in [-0.39, 0.29) is 5.92 Å². The molecular weight excluding hydrogens is 332 g/mol. The van der Waals surface area contributed by atoms with Crippen LogP contribution in [0.1, 0.15) is 45.5 Å². The van der Waals surface area contributed by atoms with Crippen molar-refractivity contribution < 1.29 is 15.0 Å². The lowest BCUT2D eigenvalue weighted by Gasteiger charge is -2.26. The summed E-state index contributed by atoms with van der Waals surface area (Å²) in [5.74, 6) is -1.98. The van der Waals surface area contributed by atoms with Crippen LogP contribution in [0.25, 0.3) is 22.3 Å². The number of rotatable bonds is 1. The number of hydrogen-bond donors (Lipinski definition) is 3. The summed E-state index contributed by atoms with van der Waals surface area (Å²) < 4.78 is 2.14. The third-order valence-electron chi connectivity index (χ3n) is 5.70. The minimum absolute atomic E-state index is 0.134. The molecule has 3 aromatic rings. The number of pyridine rings is 1. The quantitative estimate of drug-likeness (QED) is 0.625. The SMILES string of the molecule is Cc1cc2c(cc3n2CC(C)c2c-3[nH]c(=O)c(C(=O)O)c2O)c(C)c1C. The Balaban J connectivity index is 2.13. The van der Waals surface area contributed by atoms with Crippen LogP contribution in [0.2, 0.25) is 0 Å². The van der Waals surface area contributed by atoms with Crippen molar-refractivity contribution in [2.45, 2.75) is 40.2 Å². The van der Waals surface area contributed by atoms with Crippen molar-refractivity contribution in [1.29, 1.82) is 0 Å². The number of nitrogens with one attached hydrogen (secondary N) is 1. The summed E-state index contributed by atoms with van der Waals surface area (Å²) in [5, 5.41) is 20.8. The molecule has 0 saturated carbocycles. The molecule has 134 valence electrons. The zero-order chi connectivity index (χ0) is 18.9. The zero-order valence-electron chi connectivity index (χ0n) is 15.1. The van der Waals surface area contributed by atoms with E-state index in [1.54, 1.807) is 0 Å². The van der Waals surface area contributed by atoms with Gasteiger partial charge in [-0.05, 0) is 49.6 Å². The van der Waals surface area contributed by atoms with E-state index in [1.807, 2.05) is 13.0 Å². The van der Waals surface area contributed by atoms with Crippen molar-refractivity contribution in [2.75, 3.05) is 0 Å². The number of carboxylic acids is 1. The molecule has 0 bridgehead atoms. The van der Waals surface area contributed by atoms with Gasteiger partial charge in [-0.1, -0.05) is 6.92 Å². The number of carboxylic acid groups (broad SMARTS) is 1. The molecule has 1 aliphatic heterocycles. The number of benzene rings is 1. The van der Waals surface area contributed by atoms with Crippen LogP contribution in [0.5, 0.6) is 5.75 Å². The van der Waals surface area contributed by atoms with E-state index >= 15 is 0 Å².